The van der Waals surface area contributed by atoms with Crippen LogP contribution in [-0.4, -0.2) is 53.2 Å². The summed E-state index contributed by atoms with van der Waals surface area (Å²) in [5.74, 6) is 1.28. The van der Waals surface area contributed by atoms with Gasteiger partial charge in [0.1, 0.15) is 18.1 Å². The topological polar surface area (TPSA) is 110 Å². The zero-order chi connectivity index (χ0) is 19.4. The van der Waals surface area contributed by atoms with Crippen molar-refractivity contribution in [3.63, 3.8) is 0 Å². The number of hydrogen-bond acceptors (Lipinski definition) is 6. The molecule has 3 rings (SSSR count). The molecule has 146 valence electrons. The Kier molecular flexibility index (Phi) is 5.92. The second-order valence-corrected chi connectivity index (χ2v) is 6.62. The molecule has 1 atom stereocenters. The molecule has 1 aliphatic heterocycles. The highest BCUT2D eigenvalue weighted by Crippen LogP contribution is 2.23. The zero-order valence-electron chi connectivity index (χ0n) is 15.5. The summed E-state index contributed by atoms with van der Waals surface area (Å²) in [6.45, 7) is 6.42. The van der Waals surface area contributed by atoms with Gasteiger partial charge in [0.2, 0.25) is 5.91 Å². The minimum atomic E-state index is -0.605. The number of aromatic amines is 1. The van der Waals surface area contributed by atoms with E-state index in [-0.39, 0.29) is 18.5 Å². The van der Waals surface area contributed by atoms with E-state index in [1.165, 1.54) is 10.8 Å². The van der Waals surface area contributed by atoms with Gasteiger partial charge in [0.05, 0.1) is 19.3 Å². The Balaban J connectivity index is 1.67. The number of rotatable bonds is 6. The van der Waals surface area contributed by atoms with Gasteiger partial charge in [-0.15, -0.1) is 0 Å². The number of amides is 1. The quantitative estimate of drug-likeness (QED) is 0.731. The molecule has 0 unspecified atom stereocenters. The van der Waals surface area contributed by atoms with Gasteiger partial charge in [0.25, 0.3) is 5.56 Å². The lowest BCUT2D eigenvalue weighted by atomic mass is 10.1. The monoisotopic (exact) mass is 376 g/mol. The lowest BCUT2D eigenvalue weighted by Gasteiger charge is -2.33. The van der Waals surface area contributed by atoms with Gasteiger partial charge in [-0.3, -0.25) is 24.0 Å². The first-order chi connectivity index (χ1) is 12.9. The number of furan rings is 1. The van der Waals surface area contributed by atoms with E-state index in [0.29, 0.717) is 25.3 Å². The maximum atomic E-state index is 12.3. The van der Waals surface area contributed by atoms with Gasteiger partial charge in [-0.1, -0.05) is 0 Å². The van der Waals surface area contributed by atoms with Crippen molar-refractivity contribution in [2.24, 2.45) is 0 Å². The summed E-state index contributed by atoms with van der Waals surface area (Å²) in [5, 5.41) is 2.86. The Hall–Kier alpha value is -2.65. The maximum absolute atomic E-state index is 12.3. The molecule has 27 heavy (non-hydrogen) atoms. The van der Waals surface area contributed by atoms with Crippen LogP contribution >= 0.6 is 0 Å². The Morgan fingerprint density at radius 1 is 1.26 bits per heavy atom. The molecule has 2 aromatic rings. The third-order valence-corrected chi connectivity index (χ3v) is 4.57. The number of nitrogens with one attached hydrogen (secondary N) is 2. The highest BCUT2D eigenvalue weighted by Gasteiger charge is 2.25. The summed E-state index contributed by atoms with van der Waals surface area (Å²) < 4.78 is 12.4. The fourth-order valence-corrected chi connectivity index (χ4v) is 3.09. The minimum absolute atomic E-state index is 0.111. The van der Waals surface area contributed by atoms with E-state index in [0.717, 1.165) is 24.6 Å². The van der Waals surface area contributed by atoms with Crippen LogP contribution in [0.25, 0.3) is 0 Å². The Bertz CT molecular complexity index is 907. The van der Waals surface area contributed by atoms with E-state index in [2.05, 4.69) is 15.2 Å². The average Bonchev–Trinajstić information content (AvgIpc) is 3.07. The molecule has 1 saturated heterocycles. The predicted octanol–water partition coefficient (Wildman–Crippen LogP) is -0.0639. The molecule has 0 aliphatic carbocycles. The van der Waals surface area contributed by atoms with Crippen molar-refractivity contribution in [3.8, 4) is 0 Å². The molecule has 0 bridgehead atoms. The number of aromatic nitrogens is 2. The first kappa shape index (κ1) is 19.1. The number of H-pyrrole nitrogens is 1. The molecule has 0 spiro atoms. The first-order valence-electron chi connectivity index (χ1n) is 8.89. The Morgan fingerprint density at radius 2 is 2.00 bits per heavy atom. The molecule has 0 saturated carbocycles. The average molecular weight is 376 g/mol. The van der Waals surface area contributed by atoms with Crippen LogP contribution in [0, 0.1) is 13.8 Å². The summed E-state index contributed by atoms with van der Waals surface area (Å²) >= 11 is 0. The summed E-state index contributed by atoms with van der Waals surface area (Å²) in [5.41, 5.74) is -0.677. The molecule has 2 aromatic heterocycles. The number of aryl methyl sites for hydroxylation is 2. The van der Waals surface area contributed by atoms with E-state index >= 15 is 0 Å². The smallest absolute Gasteiger partial charge is 0.328 e. The Morgan fingerprint density at radius 3 is 2.67 bits per heavy atom. The van der Waals surface area contributed by atoms with E-state index in [4.69, 9.17) is 9.15 Å². The van der Waals surface area contributed by atoms with Crippen LogP contribution in [0.3, 0.4) is 0 Å². The van der Waals surface area contributed by atoms with Gasteiger partial charge in [-0.05, 0) is 26.0 Å². The lowest BCUT2D eigenvalue weighted by Crippen LogP contribution is -2.44. The van der Waals surface area contributed by atoms with Crippen LogP contribution in [0.5, 0.6) is 0 Å². The minimum Gasteiger partial charge on any atom is -0.465 e. The zero-order valence-corrected chi connectivity index (χ0v) is 15.5. The number of hydrogen-bond donors (Lipinski definition) is 2. The maximum Gasteiger partial charge on any atom is 0.328 e. The van der Waals surface area contributed by atoms with Crippen molar-refractivity contribution in [2.75, 3.05) is 32.8 Å². The summed E-state index contributed by atoms with van der Waals surface area (Å²) in [6, 6.07) is 3.70. The van der Waals surface area contributed by atoms with Crippen molar-refractivity contribution in [3.05, 3.63) is 56.3 Å². The van der Waals surface area contributed by atoms with E-state index < -0.39 is 11.2 Å². The fourth-order valence-electron chi connectivity index (χ4n) is 3.09. The molecule has 1 fully saturated rings. The summed E-state index contributed by atoms with van der Waals surface area (Å²) in [7, 11) is 0. The van der Waals surface area contributed by atoms with Gasteiger partial charge in [-0.25, -0.2) is 4.79 Å². The second-order valence-electron chi connectivity index (χ2n) is 6.62. The van der Waals surface area contributed by atoms with Gasteiger partial charge < -0.3 is 14.5 Å². The van der Waals surface area contributed by atoms with Crippen molar-refractivity contribution in [1.29, 1.82) is 0 Å². The van der Waals surface area contributed by atoms with Crippen molar-refractivity contribution >= 4 is 5.91 Å². The number of nitrogens with zero attached hydrogens (tertiary/aromatic N) is 2. The summed E-state index contributed by atoms with van der Waals surface area (Å²) in [4.78, 5) is 40.0. The van der Waals surface area contributed by atoms with Gasteiger partial charge >= 0.3 is 5.69 Å². The van der Waals surface area contributed by atoms with Gasteiger partial charge in [-0.2, -0.15) is 0 Å². The van der Waals surface area contributed by atoms with Crippen LogP contribution in [0.2, 0.25) is 0 Å². The largest absolute Gasteiger partial charge is 0.465 e. The normalized spacial score (nSPS) is 16.2. The van der Waals surface area contributed by atoms with E-state index in [1.54, 1.807) is 6.92 Å². The number of ether oxygens (including phenoxy) is 1. The van der Waals surface area contributed by atoms with Gasteiger partial charge in [0, 0.05) is 31.4 Å². The number of carbonyl (C=O) groups excluding carboxylic acids is 1. The highest BCUT2D eigenvalue weighted by atomic mass is 16.5. The van der Waals surface area contributed by atoms with Crippen LogP contribution < -0.4 is 16.6 Å². The van der Waals surface area contributed by atoms with Crippen LogP contribution in [-0.2, 0) is 16.1 Å². The number of carbonyl (C=O) groups is 1. The summed E-state index contributed by atoms with van der Waals surface area (Å²) in [6.07, 6.45) is 1.39. The molecule has 3 heterocycles. The van der Waals surface area contributed by atoms with Crippen LogP contribution in [0.4, 0.5) is 0 Å². The third kappa shape index (κ3) is 4.75. The van der Waals surface area contributed by atoms with E-state index in [1.807, 2.05) is 19.1 Å². The first-order valence-corrected chi connectivity index (χ1v) is 8.89. The molecule has 2 N–H and O–H groups in total. The van der Waals surface area contributed by atoms with Crippen molar-refractivity contribution < 1.29 is 13.9 Å². The molecule has 1 aliphatic rings. The molecular formula is C18H24N4O5. The molecule has 1 amide bonds. The second kappa shape index (κ2) is 8.36. The van der Waals surface area contributed by atoms with Gasteiger partial charge in [0.15, 0.2) is 0 Å². The predicted molar refractivity (Wildman–Crippen MR) is 97.6 cm³/mol. The van der Waals surface area contributed by atoms with E-state index in [9.17, 15) is 14.4 Å². The molecule has 9 heteroatoms. The standard InChI is InChI=1S/C18H24N4O5/c1-12-10-22(18(25)20-17(12)24)11-16(23)19-9-14(15-4-3-13(2)27-15)21-5-7-26-8-6-21/h3-4,10,14H,5-9,11H2,1-2H3,(H,19,23)(H,20,24,25)/t14-/m0/s1. The molecule has 9 nitrogen and oxygen atoms in total. The Labute approximate surface area is 155 Å². The van der Waals surface area contributed by atoms with Crippen molar-refractivity contribution in [1.82, 2.24) is 19.8 Å². The highest BCUT2D eigenvalue weighted by molar-refractivity contribution is 5.75. The molecular weight excluding hydrogens is 352 g/mol. The number of morpholine rings is 1. The van der Waals surface area contributed by atoms with Crippen molar-refractivity contribution in [2.45, 2.75) is 26.4 Å². The molecule has 0 aromatic carbocycles. The SMILES string of the molecule is Cc1ccc([C@H](CNC(=O)Cn2cc(C)c(=O)[nH]c2=O)N2CCOCC2)o1. The lowest BCUT2D eigenvalue weighted by molar-refractivity contribution is -0.122. The van der Waals surface area contributed by atoms with Crippen LogP contribution in [0.15, 0.2) is 32.3 Å². The third-order valence-electron chi connectivity index (χ3n) is 4.57. The fraction of sp³-hybridized carbons (Fsp3) is 0.500. The van der Waals surface area contributed by atoms with Crippen LogP contribution in [0.1, 0.15) is 23.1 Å². The molecule has 0 radical (unpaired) electrons.